The molecule has 1 aromatic heterocycles. The lowest BCUT2D eigenvalue weighted by atomic mass is 10.1. The van der Waals surface area contributed by atoms with Crippen molar-refractivity contribution in [3.8, 4) is 5.75 Å². The topological polar surface area (TPSA) is 62.4 Å². The molecule has 130 valence electrons. The van der Waals surface area contributed by atoms with Crippen molar-refractivity contribution in [2.45, 2.75) is 13.0 Å². The van der Waals surface area contributed by atoms with Crippen molar-refractivity contribution in [2.75, 3.05) is 7.11 Å². The molecule has 0 bridgehead atoms. The summed E-state index contributed by atoms with van der Waals surface area (Å²) in [7, 11) is 1.62. The molecular formula is C21H18N2O3. The first-order valence-electron chi connectivity index (χ1n) is 8.40. The molecule has 1 fully saturated rings. The normalized spacial score (nSPS) is 16.0. The molecule has 1 aliphatic heterocycles. The van der Waals surface area contributed by atoms with E-state index in [0.717, 1.165) is 27.8 Å². The average Bonchev–Trinajstić information content (AvgIpc) is 3.19. The van der Waals surface area contributed by atoms with Crippen LogP contribution in [0.4, 0.5) is 0 Å². The first kappa shape index (κ1) is 16.1. The van der Waals surface area contributed by atoms with Gasteiger partial charge in [-0.1, -0.05) is 42.5 Å². The summed E-state index contributed by atoms with van der Waals surface area (Å²) in [6, 6.07) is 15.3. The molecular weight excluding hydrogens is 328 g/mol. The number of fused-ring (bicyclic) bond motifs is 1. The van der Waals surface area contributed by atoms with Crippen molar-refractivity contribution in [1.29, 1.82) is 0 Å². The molecule has 26 heavy (non-hydrogen) atoms. The Hall–Kier alpha value is -3.34. The summed E-state index contributed by atoms with van der Waals surface area (Å²) in [6.45, 7) is 0.303. The van der Waals surface area contributed by atoms with Gasteiger partial charge in [-0.2, -0.15) is 0 Å². The van der Waals surface area contributed by atoms with Gasteiger partial charge in [0.15, 0.2) is 0 Å². The molecule has 0 spiro atoms. The smallest absolute Gasteiger partial charge is 0.257 e. The zero-order valence-electron chi connectivity index (χ0n) is 14.4. The maximum Gasteiger partial charge on any atom is 0.257 e. The summed E-state index contributed by atoms with van der Waals surface area (Å²) in [4.78, 5) is 29.5. The van der Waals surface area contributed by atoms with Crippen LogP contribution in [0.3, 0.4) is 0 Å². The van der Waals surface area contributed by atoms with Crippen molar-refractivity contribution in [3.63, 3.8) is 0 Å². The van der Waals surface area contributed by atoms with E-state index in [1.807, 2.05) is 54.7 Å². The second kappa shape index (κ2) is 6.52. The molecule has 2 heterocycles. The molecule has 0 radical (unpaired) electrons. The average molecular weight is 346 g/mol. The number of amides is 2. The Kier molecular flexibility index (Phi) is 4.05. The number of carbonyl (C=O) groups is 2. The van der Waals surface area contributed by atoms with Crippen LogP contribution in [0.5, 0.6) is 5.75 Å². The van der Waals surface area contributed by atoms with Gasteiger partial charge in [-0.15, -0.1) is 0 Å². The lowest BCUT2D eigenvalue weighted by molar-refractivity contribution is -0.138. The molecule has 5 nitrogen and oxygen atoms in total. The van der Waals surface area contributed by atoms with Gasteiger partial charge in [0.25, 0.3) is 5.91 Å². The first-order chi connectivity index (χ1) is 12.7. The van der Waals surface area contributed by atoms with Gasteiger partial charge in [0, 0.05) is 22.7 Å². The largest absolute Gasteiger partial charge is 0.495 e. The lowest BCUT2D eigenvalue weighted by Gasteiger charge is -2.13. The van der Waals surface area contributed by atoms with Gasteiger partial charge in [0.1, 0.15) is 5.75 Å². The van der Waals surface area contributed by atoms with Crippen molar-refractivity contribution in [3.05, 3.63) is 71.4 Å². The minimum atomic E-state index is -0.226. The number of aromatic amines is 1. The number of imide groups is 1. The van der Waals surface area contributed by atoms with Crippen LogP contribution >= 0.6 is 0 Å². The Morgan fingerprint density at radius 3 is 2.69 bits per heavy atom. The third-order valence-electron chi connectivity index (χ3n) is 4.60. The highest BCUT2D eigenvalue weighted by atomic mass is 16.5. The van der Waals surface area contributed by atoms with Gasteiger partial charge in [-0.3, -0.25) is 14.5 Å². The summed E-state index contributed by atoms with van der Waals surface area (Å²) in [6.07, 6.45) is 3.75. The number of benzene rings is 2. The van der Waals surface area contributed by atoms with Crippen LogP contribution in [0.2, 0.25) is 0 Å². The number of methoxy groups -OCH3 is 1. The van der Waals surface area contributed by atoms with Crippen LogP contribution in [0.15, 0.2) is 60.3 Å². The van der Waals surface area contributed by atoms with E-state index in [4.69, 9.17) is 4.74 Å². The van der Waals surface area contributed by atoms with Crippen LogP contribution < -0.4 is 4.74 Å². The molecule has 5 heteroatoms. The molecule has 1 N–H and O–H groups in total. The number of hydrogen-bond acceptors (Lipinski definition) is 3. The summed E-state index contributed by atoms with van der Waals surface area (Å²) in [5.41, 5.74) is 3.19. The number of ether oxygens (including phenoxy) is 1. The van der Waals surface area contributed by atoms with Crippen molar-refractivity contribution in [1.82, 2.24) is 9.88 Å². The van der Waals surface area contributed by atoms with Crippen molar-refractivity contribution < 1.29 is 14.3 Å². The van der Waals surface area contributed by atoms with Gasteiger partial charge in [0.2, 0.25) is 5.91 Å². The minimum Gasteiger partial charge on any atom is -0.495 e. The summed E-state index contributed by atoms with van der Waals surface area (Å²) >= 11 is 0. The van der Waals surface area contributed by atoms with E-state index in [9.17, 15) is 9.59 Å². The van der Waals surface area contributed by atoms with Crippen LogP contribution in [0.25, 0.3) is 17.0 Å². The number of hydrogen-bond donors (Lipinski definition) is 1. The van der Waals surface area contributed by atoms with E-state index < -0.39 is 0 Å². The van der Waals surface area contributed by atoms with E-state index in [1.54, 1.807) is 13.2 Å². The Balaban J connectivity index is 1.65. The zero-order chi connectivity index (χ0) is 18.1. The fourth-order valence-electron chi connectivity index (χ4n) is 3.28. The Morgan fingerprint density at radius 1 is 1.12 bits per heavy atom. The van der Waals surface area contributed by atoms with Gasteiger partial charge in [0.05, 0.1) is 25.6 Å². The Bertz CT molecular complexity index is 1020. The zero-order valence-corrected chi connectivity index (χ0v) is 14.4. The number of rotatable bonds is 4. The van der Waals surface area contributed by atoms with Gasteiger partial charge >= 0.3 is 0 Å². The Labute approximate surface area is 150 Å². The van der Waals surface area contributed by atoms with Crippen molar-refractivity contribution in [2.24, 2.45) is 0 Å². The molecule has 0 saturated carbocycles. The van der Waals surface area contributed by atoms with Gasteiger partial charge in [-0.25, -0.2) is 0 Å². The Morgan fingerprint density at radius 2 is 1.92 bits per heavy atom. The molecule has 0 aliphatic carbocycles. The lowest BCUT2D eigenvalue weighted by Crippen LogP contribution is -2.28. The van der Waals surface area contributed by atoms with Crippen LogP contribution in [0, 0.1) is 0 Å². The highest BCUT2D eigenvalue weighted by Gasteiger charge is 2.33. The standard InChI is InChI=1S/C21H18N2O3/c1-26-18-9-5-8-17-16(12-22-20(17)18)10-15-11-19(24)23(21(15)25)13-14-6-3-2-4-7-14/h2-10,12,22H,11,13H2,1H3/b15-10+. The highest BCUT2D eigenvalue weighted by Crippen LogP contribution is 2.30. The van der Waals surface area contributed by atoms with Crippen LogP contribution in [-0.4, -0.2) is 28.8 Å². The second-order valence-electron chi connectivity index (χ2n) is 6.24. The molecule has 0 atom stereocenters. The monoisotopic (exact) mass is 346 g/mol. The summed E-state index contributed by atoms with van der Waals surface area (Å²) in [5, 5.41) is 0.957. The molecule has 0 unspecified atom stereocenters. The van der Waals surface area contributed by atoms with E-state index in [0.29, 0.717) is 12.1 Å². The number of nitrogens with zero attached hydrogens (tertiary/aromatic N) is 1. The molecule has 2 amide bonds. The molecule has 1 aliphatic rings. The molecule has 1 saturated heterocycles. The quantitative estimate of drug-likeness (QED) is 0.581. The maximum absolute atomic E-state index is 12.7. The SMILES string of the molecule is COc1cccc2c(/C=C3\CC(=O)N(Cc4ccccc4)C3=O)c[nH]c12. The number of H-pyrrole nitrogens is 1. The fraction of sp³-hybridized carbons (Fsp3) is 0.143. The number of nitrogens with one attached hydrogen (secondary N) is 1. The number of aromatic nitrogens is 1. The summed E-state index contributed by atoms with van der Waals surface area (Å²) in [5.74, 6) is 0.352. The van der Waals surface area contributed by atoms with Crippen LogP contribution in [0.1, 0.15) is 17.5 Å². The van der Waals surface area contributed by atoms with E-state index in [2.05, 4.69) is 4.98 Å². The maximum atomic E-state index is 12.7. The predicted octanol–water partition coefficient (Wildman–Crippen LogP) is 3.52. The van der Waals surface area contributed by atoms with E-state index in [-0.39, 0.29) is 18.2 Å². The summed E-state index contributed by atoms with van der Waals surface area (Å²) < 4.78 is 5.35. The first-order valence-corrected chi connectivity index (χ1v) is 8.40. The van der Waals surface area contributed by atoms with E-state index in [1.165, 1.54) is 4.90 Å². The third-order valence-corrected chi connectivity index (χ3v) is 4.60. The molecule has 4 rings (SSSR count). The third kappa shape index (κ3) is 2.77. The number of carbonyl (C=O) groups excluding carboxylic acids is 2. The van der Waals surface area contributed by atoms with Gasteiger partial charge < -0.3 is 9.72 Å². The van der Waals surface area contributed by atoms with E-state index >= 15 is 0 Å². The number of likely N-dealkylation sites (tertiary alicyclic amines) is 1. The van der Waals surface area contributed by atoms with Gasteiger partial charge in [-0.05, 0) is 17.7 Å². The van der Waals surface area contributed by atoms with Crippen molar-refractivity contribution >= 4 is 28.8 Å². The fourth-order valence-corrected chi connectivity index (χ4v) is 3.28. The molecule has 2 aromatic carbocycles. The highest BCUT2D eigenvalue weighted by molar-refractivity contribution is 6.16. The predicted molar refractivity (Wildman–Crippen MR) is 99.4 cm³/mol. The number of para-hydroxylation sites is 1. The minimum absolute atomic E-state index is 0.127. The second-order valence-corrected chi connectivity index (χ2v) is 6.24. The van der Waals surface area contributed by atoms with Crippen LogP contribution in [-0.2, 0) is 16.1 Å². The molecule has 3 aromatic rings.